The Hall–Kier alpha value is -4.32. The van der Waals surface area contributed by atoms with Gasteiger partial charge in [-0.3, -0.25) is 14.4 Å². The molecule has 0 bridgehead atoms. The van der Waals surface area contributed by atoms with Gasteiger partial charge in [0.05, 0.1) is 6.42 Å². The van der Waals surface area contributed by atoms with Crippen LogP contribution in [0.5, 0.6) is 0 Å². The molecule has 2 rings (SSSR count). The van der Waals surface area contributed by atoms with E-state index in [4.69, 9.17) is 16.9 Å². The molecule has 0 aromatic heterocycles. The van der Waals surface area contributed by atoms with E-state index in [-0.39, 0.29) is 0 Å². The van der Waals surface area contributed by atoms with E-state index in [2.05, 4.69) is 16.6 Å². The highest BCUT2D eigenvalue weighted by atomic mass is 16.6. The maximum atomic E-state index is 14.2. The molecule has 0 spiro atoms. The largest absolute Gasteiger partial charge is 0.444 e. The lowest BCUT2D eigenvalue weighted by Gasteiger charge is -2.43. The molecule has 4 amide bonds. The van der Waals surface area contributed by atoms with Crippen molar-refractivity contribution in [2.45, 2.75) is 78.1 Å². The number of carbonyl (C=O) groups excluding carboxylic acids is 4. The molecule has 0 saturated heterocycles. The van der Waals surface area contributed by atoms with Crippen LogP contribution in [0.25, 0.3) is 0 Å². The molecular formula is C30H38N4O5. The third-order valence-corrected chi connectivity index (χ3v) is 5.67. The van der Waals surface area contributed by atoms with Crippen LogP contribution < -0.4 is 16.4 Å². The van der Waals surface area contributed by atoms with Crippen molar-refractivity contribution in [2.75, 3.05) is 5.32 Å². The fourth-order valence-electron chi connectivity index (χ4n) is 4.04. The molecule has 0 saturated carbocycles. The average molecular weight is 535 g/mol. The summed E-state index contributed by atoms with van der Waals surface area (Å²) in [5.41, 5.74) is 5.83. The van der Waals surface area contributed by atoms with Crippen molar-refractivity contribution in [2.24, 2.45) is 5.73 Å². The molecule has 9 nitrogen and oxygen atoms in total. The number of terminal acetylenes is 1. The number of ether oxygens (including phenoxy) is 1. The van der Waals surface area contributed by atoms with Crippen molar-refractivity contribution in [3.63, 3.8) is 0 Å². The molecule has 2 unspecified atom stereocenters. The number of rotatable bonds is 8. The SMILES string of the molecule is C#Cc1ccccc1C(C(=O)Nc1ccccc1C)N(C(=O)C(CC(N)=O)NC(=O)OC(C)(C)C)C(C)(C)C. The average Bonchev–Trinajstić information content (AvgIpc) is 2.80. The molecule has 2 atom stereocenters. The Labute approximate surface area is 230 Å². The molecule has 208 valence electrons. The first-order valence-corrected chi connectivity index (χ1v) is 12.6. The summed E-state index contributed by atoms with van der Waals surface area (Å²) in [5.74, 6) is 0.545. The van der Waals surface area contributed by atoms with Gasteiger partial charge in [0.25, 0.3) is 5.91 Å². The van der Waals surface area contributed by atoms with Crippen LogP contribution in [0.1, 0.15) is 70.7 Å². The molecule has 0 aliphatic carbocycles. The van der Waals surface area contributed by atoms with Crippen molar-refractivity contribution in [1.29, 1.82) is 0 Å². The number of hydrogen-bond donors (Lipinski definition) is 3. The first kappa shape index (κ1) is 30.9. The van der Waals surface area contributed by atoms with Gasteiger partial charge in [-0.1, -0.05) is 42.3 Å². The van der Waals surface area contributed by atoms with Crippen molar-refractivity contribution >= 4 is 29.5 Å². The number of hydrogen-bond acceptors (Lipinski definition) is 5. The normalized spacial score (nSPS) is 12.9. The van der Waals surface area contributed by atoms with E-state index in [1.807, 2.05) is 19.1 Å². The smallest absolute Gasteiger partial charge is 0.408 e. The fourth-order valence-corrected chi connectivity index (χ4v) is 4.04. The predicted octanol–water partition coefficient (Wildman–Crippen LogP) is 4.05. The minimum absolute atomic E-state index is 0.407. The van der Waals surface area contributed by atoms with Gasteiger partial charge in [-0.05, 0) is 71.7 Å². The first-order chi connectivity index (χ1) is 18.0. The van der Waals surface area contributed by atoms with Crippen LogP contribution in [-0.4, -0.2) is 45.9 Å². The van der Waals surface area contributed by atoms with Crippen LogP contribution in [0.4, 0.5) is 10.5 Å². The minimum Gasteiger partial charge on any atom is -0.444 e. The van der Waals surface area contributed by atoms with E-state index in [1.165, 1.54) is 4.90 Å². The molecule has 39 heavy (non-hydrogen) atoms. The molecule has 4 N–H and O–H groups in total. The zero-order valence-electron chi connectivity index (χ0n) is 23.6. The van der Waals surface area contributed by atoms with Crippen molar-refractivity contribution in [3.05, 3.63) is 65.2 Å². The number of amides is 4. The van der Waals surface area contributed by atoms with Gasteiger partial charge in [-0.15, -0.1) is 6.42 Å². The number of benzene rings is 2. The van der Waals surface area contributed by atoms with E-state index >= 15 is 0 Å². The molecule has 2 aromatic carbocycles. The third-order valence-electron chi connectivity index (χ3n) is 5.67. The highest BCUT2D eigenvalue weighted by Gasteiger charge is 2.43. The first-order valence-electron chi connectivity index (χ1n) is 12.6. The second-order valence-electron chi connectivity index (χ2n) is 11.2. The number of alkyl carbamates (subject to hydrolysis) is 1. The van der Waals surface area contributed by atoms with E-state index in [0.29, 0.717) is 16.8 Å². The van der Waals surface area contributed by atoms with Gasteiger partial charge in [-0.25, -0.2) is 4.79 Å². The fraction of sp³-hybridized carbons (Fsp3) is 0.400. The number of primary amides is 1. The van der Waals surface area contributed by atoms with Gasteiger partial charge < -0.3 is 26.0 Å². The maximum Gasteiger partial charge on any atom is 0.408 e. The van der Waals surface area contributed by atoms with Gasteiger partial charge in [0.15, 0.2) is 0 Å². The zero-order valence-corrected chi connectivity index (χ0v) is 23.6. The van der Waals surface area contributed by atoms with Crippen LogP contribution in [0.15, 0.2) is 48.5 Å². The van der Waals surface area contributed by atoms with Crippen molar-refractivity contribution < 1.29 is 23.9 Å². The van der Waals surface area contributed by atoms with Gasteiger partial charge >= 0.3 is 6.09 Å². The van der Waals surface area contributed by atoms with E-state index in [1.54, 1.807) is 77.9 Å². The summed E-state index contributed by atoms with van der Waals surface area (Å²) in [5, 5.41) is 5.38. The zero-order chi connectivity index (χ0) is 29.5. The van der Waals surface area contributed by atoms with Gasteiger partial charge in [0.2, 0.25) is 11.8 Å². The summed E-state index contributed by atoms with van der Waals surface area (Å²) in [7, 11) is 0. The third kappa shape index (κ3) is 8.60. The standard InChI is InChI=1S/C30H38N4O5/c1-9-20-15-11-12-16-21(20)25(26(36)32-22-17-13-10-14-19(22)2)34(29(3,4)5)27(37)23(18-24(31)35)33-28(38)39-30(6,7)8/h1,10-17,23,25H,18H2,2-8H3,(H2,31,35)(H,32,36)(H,33,38). The number of para-hydroxylation sites is 1. The molecule has 0 aliphatic rings. The molecule has 9 heteroatoms. The van der Waals surface area contributed by atoms with Gasteiger partial charge in [-0.2, -0.15) is 0 Å². The Kier molecular flexibility index (Phi) is 9.89. The minimum atomic E-state index is -1.40. The Balaban J connectivity index is 2.67. The highest BCUT2D eigenvalue weighted by molar-refractivity contribution is 6.00. The predicted molar refractivity (Wildman–Crippen MR) is 150 cm³/mol. The second kappa shape index (κ2) is 12.5. The van der Waals surface area contributed by atoms with E-state index in [0.717, 1.165) is 5.56 Å². The quantitative estimate of drug-likeness (QED) is 0.440. The number of aryl methyl sites for hydroxylation is 1. The Morgan fingerprint density at radius 1 is 1.00 bits per heavy atom. The molecule has 0 radical (unpaired) electrons. The molecule has 0 fully saturated rings. The molecular weight excluding hydrogens is 496 g/mol. The van der Waals surface area contributed by atoms with Crippen LogP contribution >= 0.6 is 0 Å². The molecule has 2 aromatic rings. The lowest BCUT2D eigenvalue weighted by Crippen LogP contribution is -2.58. The number of anilines is 1. The second-order valence-corrected chi connectivity index (χ2v) is 11.2. The topological polar surface area (TPSA) is 131 Å². The van der Waals surface area contributed by atoms with E-state index in [9.17, 15) is 19.2 Å². The summed E-state index contributed by atoms with van der Waals surface area (Å²) >= 11 is 0. The summed E-state index contributed by atoms with van der Waals surface area (Å²) in [6, 6.07) is 11.4. The number of nitrogens with zero attached hydrogens (tertiary/aromatic N) is 1. The number of nitrogens with two attached hydrogens (primary N) is 1. The summed E-state index contributed by atoms with van der Waals surface area (Å²) in [4.78, 5) is 54.1. The van der Waals surface area contributed by atoms with Gasteiger partial charge in [0.1, 0.15) is 17.7 Å². The van der Waals surface area contributed by atoms with Crippen molar-refractivity contribution in [1.82, 2.24) is 10.2 Å². The van der Waals surface area contributed by atoms with Crippen LogP contribution in [0, 0.1) is 19.3 Å². The lowest BCUT2D eigenvalue weighted by atomic mass is 9.92. The Morgan fingerprint density at radius 2 is 1.59 bits per heavy atom. The lowest BCUT2D eigenvalue weighted by molar-refractivity contribution is -0.147. The summed E-state index contributed by atoms with van der Waals surface area (Å²) < 4.78 is 5.31. The van der Waals surface area contributed by atoms with Crippen LogP contribution in [-0.2, 0) is 19.1 Å². The highest BCUT2D eigenvalue weighted by Crippen LogP contribution is 2.33. The number of carbonyl (C=O) groups is 4. The maximum absolute atomic E-state index is 14.2. The summed E-state index contributed by atoms with van der Waals surface area (Å²) in [6.45, 7) is 12.1. The van der Waals surface area contributed by atoms with E-state index < -0.39 is 53.5 Å². The molecule has 0 heterocycles. The van der Waals surface area contributed by atoms with Crippen LogP contribution in [0.2, 0.25) is 0 Å². The summed E-state index contributed by atoms with van der Waals surface area (Å²) in [6.07, 6.45) is 4.37. The van der Waals surface area contributed by atoms with Gasteiger partial charge in [0, 0.05) is 16.8 Å². The van der Waals surface area contributed by atoms with Crippen LogP contribution in [0.3, 0.4) is 0 Å². The Morgan fingerprint density at radius 3 is 2.13 bits per heavy atom. The number of nitrogens with one attached hydrogen (secondary N) is 2. The van der Waals surface area contributed by atoms with Crippen molar-refractivity contribution in [3.8, 4) is 12.3 Å². The Bertz CT molecular complexity index is 1270. The molecule has 0 aliphatic heterocycles. The monoisotopic (exact) mass is 534 g/mol.